The Balaban J connectivity index is 1.47. The van der Waals surface area contributed by atoms with E-state index in [1.165, 1.54) is 18.3 Å². The number of rotatable bonds is 5. The fraction of sp³-hybridized carbons (Fsp3) is 0.150. The van der Waals surface area contributed by atoms with Crippen LogP contribution in [0, 0.1) is 17.1 Å². The number of hydrogen-bond donors (Lipinski definition) is 1. The number of nitrogens with zero attached hydrogens (tertiary/aromatic N) is 6. The van der Waals surface area contributed by atoms with E-state index in [1.54, 1.807) is 42.1 Å². The van der Waals surface area contributed by atoms with Gasteiger partial charge in [-0.25, -0.2) is 14.4 Å². The largest absolute Gasteiger partial charge is 0.345 e. The summed E-state index contributed by atoms with van der Waals surface area (Å²) in [6.45, 7) is 1.99. The molecule has 3 aromatic heterocycles. The first kappa shape index (κ1) is 20.4. The van der Waals surface area contributed by atoms with Crippen molar-refractivity contribution in [1.82, 2.24) is 29.9 Å². The lowest BCUT2D eigenvalue weighted by Gasteiger charge is -2.13. The van der Waals surface area contributed by atoms with Crippen LogP contribution in [0.15, 0.2) is 42.7 Å². The van der Waals surface area contributed by atoms with Gasteiger partial charge in [-0.2, -0.15) is 10.4 Å². The van der Waals surface area contributed by atoms with Gasteiger partial charge in [0.15, 0.2) is 5.65 Å². The molecule has 0 fully saturated rings. The van der Waals surface area contributed by atoms with Gasteiger partial charge < -0.3 is 5.32 Å². The lowest BCUT2D eigenvalue weighted by atomic mass is 10.1. The summed E-state index contributed by atoms with van der Waals surface area (Å²) >= 11 is 5.95. The number of carbonyl (C=O) groups is 1. The average molecular weight is 442 g/mol. The number of nitriles is 1. The van der Waals surface area contributed by atoms with Gasteiger partial charge in [0.25, 0.3) is 5.91 Å². The summed E-state index contributed by atoms with van der Waals surface area (Å²) in [5.41, 5.74) is 0.865. The molecule has 31 heavy (non-hydrogen) atoms. The molecule has 0 unspecified atom stereocenters. The summed E-state index contributed by atoms with van der Waals surface area (Å²) in [5, 5.41) is 15.9. The number of pyridine rings is 1. The minimum absolute atomic E-state index is 0.00344. The minimum Gasteiger partial charge on any atom is -0.345 e. The predicted octanol–water partition coefficient (Wildman–Crippen LogP) is 3.51. The van der Waals surface area contributed by atoms with Crippen LogP contribution >= 0.6 is 11.6 Å². The number of fused-ring (bicyclic) bond motifs is 1. The molecular formula is C20H14ClF2N7O. The van der Waals surface area contributed by atoms with E-state index >= 15 is 0 Å². The van der Waals surface area contributed by atoms with Crippen molar-refractivity contribution in [3.8, 4) is 17.3 Å². The number of carbonyl (C=O) groups excluding carboxylic acids is 1. The third-order valence-corrected chi connectivity index (χ3v) is 4.79. The molecule has 1 N–H and O–H groups in total. The molecule has 156 valence electrons. The summed E-state index contributed by atoms with van der Waals surface area (Å²) in [5.74, 6) is -1.82. The Bertz CT molecular complexity index is 1320. The minimum atomic E-state index is -0.733. The number of amides is 1. The van der Waals surface area contributed by atoms with Gasteiger partial charge in [0.1, 0.15) is 23.0 Å². The van der Waals surface area contributed by atoms with Gasteiger partial charge in [0.05, 0.1) is 17.3 Å². The highest BCUT2D eigenvalue weighted by Crippen LogP contribution is 2.26. The number of imidazole rings is 1. The van der Waals surface area contributed by atoms with Crippen molar-refractivity contribution in [1.29, 1.82) is 5.26 Å². The normalized spacial score (nSPS) is 12.0. The van der Waals surface area contributed by atoms with Gasteiger partial charge in [0.2, 0.25) is 5.82 Å². The highest BCUT2D eigenvalue weighted by atomic mass is 35.5. The van der Waals surface area contributed by atoms with Crippen LogP contribution in [0.5, 0.6) is 0 Å². The summed E-state index contributed by atoms with van der Waals surface area (Å²) in [7, 11) is 0. The van der Waals surface area contributed by atoms with Gasteiger partial charge in [-0.15, -0.1) is 4.79 Å². The Morgan fingerprint density at radius 2 is 2.19 bits per heavy atom. The Morgan fingerprint density at radius 3 is 2.90 bits per heavy atom. The Morgan fingerprint density at radius 1 is 1.39 bits per heavy atom. The maximum Gasteiger partial charge on any atom is 0.290 e. The standard InChI is InChI=1S/C20H14ClF2N7O/c1-11(26-20(31)19-27-17-3-2-5-25-18(17)30(19)23)10-29-6-4-16(28-29)12-7-14(21)13(9-24)15(22)8-12/h2-8,11H,10H2,1H3,(H,26,31)/t11-/m0/s1. The molecule has 1 amide bonds. The molecule has 0 aliphatic carbocycles. The first-order chi connectivity index (χ1) is 14.9. The van der Waals surface area contributed by atoms with Crippen LogP contribution < -0.4 is 5.32 Å². The second-order valence-corrected chi connectivity index (χ2v) is 7.19. The number of nitrogens with one attached hydrogen (secondary N) is 1. The fourth-order valence-electron chi connectivity index (χ4n) is 3.08. The molecule has 0 saturated heterocycles. The zero-order chi connectivity index (χ0) is 22.1. The molecule has 0 radical (unpaired) electrons. The molecule has 0 spiro atoms. The second kappa shape index (κ2) is 8.12. The van der Waals surface area contributed by atoms with Crippen LogP contribution in [0.3, 0.4) is 0 Å². The van der Waals surface area contributed by atoms with Gasteiger partial charge in [-0.05, 0) is 37.3 Å². The predicted molar refractivity (Wildman–Crippen MR) is 108 cm³/mol. The van der Waals surface area contributed by atoms with Crippen LogP contribution in [-0.2, 0) is 6.54 Å². The third-order valence-electron chi connectivity index (χ3n) is 4.50. The Labute approximate surface area is 179 Å². The van der Waals surface area contributed by atoms with E-state index < -0.39 is 23.6 Å². The van der Waals surface area contributed by atoms with E-state index in [0.717, 1.165) is 0 Å². The van der Waals surface area contributed by atoms with Crippen LogP contribution in [0.4, 0.5) is 8.87 Å². The zero-order valence-corrected chi connectivity index (χ0v) is 16.8. The average Bonchev–Trinajstić information content (AvgIpc) is 3.32. The number of benzene rings is 1. The molecule has 1 atom stereocenters. The van der Waals surface area contributed by atoms with E-state index in [4.69, 9.17) is 16.9 Å². The second-order valence-electron chi connectivity index (χ2n) is 6.79. The van der Waals surface area contributed by atoms with Crippen LogP contribution in [-0.4, -0.2) is 36.5 Å². The summed E-state index contributed by atoms with van der Waals surface area (Å²) in [4.78, 5) is 20.4. The molecule has 0 aliphatic rings. The van der Waals surface area contributed by atoms with E-state index in [9.17, 15) is 13.7 Å². The molecule has 0 saturated carbocycles. The lowest BCUT2D eigenvalue weighted by Crippen LogP contribution is -2.36. The number of halogens is 3. The van der Waals surface area contributed by atoms with Gasteiger partial charge in [0, 0.05) is 24.0 Å². The fourth-order valence-corrected chi connectivity index (χ4v) is 3.34. The van der Waals surface area contributed by atoms with Gasteiger partial charge in [-0.1, -0.05) is 16.1 Å². The van der Waals surface area contributed by atoms with Crippen molar-refractivity contribution in [3.05, 3.63) is 65.0 Å². The summed E-state index contributed by atoms with van der Waals surface area (Å²) in [6.07, 6.45) is 3.06. The van der Waals surface area contributed by atoms with E-state index in [2.05, 4.69) is 20.4 Å². The molecule has 4 rings (SSSR count). The highest BCUT2D eigenvalue weighted by Gasteiger charge is 2.20. The first-order valence-corrected chi connectivity index (χ1v) is 9.48. The quantitative estimate of drug-likeness (QED) is 0.510. The van der Waals surface area contributed by atoms with Gasteiger partial charge in [-0.3, -0.25) is 9.48 Å². The maximum atomic E-state index is 14.3. The van der Waals surface area contributed by atoms with Crippen molar-refractivity contribution in [2.24, 2.45) is 0 Å². The SMILES string of the molecule is C[C@@H](Cn1ccc(-c2cc(F)c(C#N)c(Cl)c2)n1)NC(=O)c1nc2cccnc2n1F. The molecule has 0 aliphatic heterocycles. The number of hydrogen-bond acceptors (Lipinski definition) is 5. The van der Waals surface area contributed by atoms with Crippen LogP contribution in [0.2, 0.25) is 5.02 Å². The van der Waals surface area contributed by atoms with Crippen molar-refractivity contribution in [2.75, 3.05) is 0 Å². The third kappa shape index (κ3) is 3.95. The van der Waals surface area contributed by atoms with Crippen molar-refractivity contribution in [3.63, 3.8) is 0 Å². The summed E-state index contributed by atoms with van der Waals surface area (Å²) in [6, 6.07) is 8.74. The zero-order valence-electron chi connectivity index (χ0n) is 16.1. The van der Waals surface area contributed by atoms with Gasteiger partial charge >= 0.3 is 0 Å². The Hall–Kier alpha value is -3.84. The molecule has 3 heterocycles. The van der Waals surface area contributed by atoms with Crippen LogP contribution in [0.25, 0.3) is 22.4 Å². The topological polar surface area (TPSA) is 101 Å². The van der Waals surface area contributed by atoms with Crippen molar-refractivity contribution in [2.45, 2.75) is 19.5 Å². The monoisotopic (exact) mass is 441 g/mol. The van der Waals surface area contributed by atoms with Crippen molar-refractivity contribution < 1.29 is 13.7 Å². The first-order valence-electron chi connectivity index (χ1n) is 9.11. The smallest absolute Gasteiger partial charge is 0.290 e. The maximum absolute atomic E-state index is 14.3. The molecular weight excluding hydrogens is 428 g/mol. The molecule has 1 aromatic carbocycles. The highest BCUT2D eigenvalue weighted by molar-refractivity contribution is 6.32. The molecule has 4 aromatic rings. The molecule has 0 bridgehead atoms. The molecule has 8 nitrogen and oxygen atoms in total. The summed E-state index contributed by atoms with van der Waals surface area (Å²) < 4.78 is 29.9. The van der Waals surface area contributed by atoms with E-state index in [1.807, 2.05) is 0 Å². The van der Waals surface area contributed by atoms with Crippen LogP contribution in [0.1, 0.15) is 23.1 Å². The van der Waals surface area contributed by atoms with Crippen molar-refractivity contribution >= 4 is 28.7 Å². The lowest BCUT2D eigenvalue weighted by molar-refractivity contribution is 0.0911. The number of aromatic nitrogens is 5. The molecule has 11 heteroatoms. The van der Waals surface area contributed by atoms with E-state index in [-0.39, 0.29) is 33.1 Å². The van der Waals surface area contributed by atoms with E-state index in [0.29, 0.717) is 11.3 Å². The Kier molecular flexibility index (Phi) is 5.35.